The molecule has 0 saturated heterocycles. The molecular formula is C14H29NO. The van der Waals surface area contributed by atoms with E-state index in [0.29, 0.717) is 5.92 Å². The monoisotopic (exact) mass is 227 g/mol. The highest BCUT2D eigenvalue weighted by Gasteiger charge is 2.21. The van der Waals surface area contributed by atoms with Crippen molar-refractivity contribution in [2.75, 3.05) is 0 Å². The van der Waals surface area contributed by atoms with E-state index in [-0.39, 0.29) is 12.1 Å². The van der Waals surface area contributed by atoms with Gasteiger partial charge in [0.05, 0.1) is 6.10 Å². The summed E-state index contributed by atoms with van der Waals surface area (Å²) in [5.41, 5.74) is 6.08. The summed E-state index contributed by atoms with van der Waals surface area (Å²) >= 11 is 0. The van der Waals surface area contributed by atoms with Crippen LogP contribution in [0.25, 0.3) is 0 Å². The Morgan fingerprint density at radius 1 is 1.12 bits per heavy atom. The van der Waals surface area contributed by atoms with Gasteiger partial charge in [-0.1, -0.05) is 46.0 Å². The van der Waals surface area contributed by atoms with E-state index in [1.54, 1.807) is 0 Å². The summed E-state index contributed by atoms with van der Waals surface area (Å²) in [6.07, 6.45) is 9.45. The predicted octanol–water partition coefficient (Wildman–Crippen LogP) is 3.08. The summed E-state index contributed by atoms with van der Waals surface area (Å²) < 4.78 is 0. The second kappa shape index (κ2) is 7.29. The Morgan fingerprint density at radius 3 is 2.31 bits per heavy atom. The minimum atomic E-state index is -0.288. The van der Waals surface area contributed by atoms with Gasteiger partial charge < -0.3 is 10.8 Å². The molecule has 0 bridgehead atoms. The number of hydrogen-bond donors (Lipinski definition) is 2. The molecule has 2 nitrogen and oxygen atoms in total. The van der Waals surface area contributed by atoms with Gasteiger partial charge in [-0.3, -0.25) is 0 Å². The lowest BCUT2D eigenvalue weighted by molar-refractivity contribution is 0.112. The van der Waals surface area contributed by atoms with Gasteiger partial charge >= 0.3 is 0 Å². The molecule has 1 aliphatic carbocycles. The molecule has 0 amide bonds. The quantitative estimate of drug-likeness (QED) is 0.732. The Hall–Kier alpha value is -0.0800. The first kappa shape index (κ1) is 14.0. The third kappa shape index (κ3) is 5.31. The Bertz CT molecular complexity index is 176. The van der Waals surface area contributed by atoms with Gasteiger partial charge in [0.2, 0.25) is 0 Å². The Kier molecular flexibility index (Phi) is 6.37. The maximum Gasteiger partial charge on any atom is 0.0691 e. The summed E-state index contributed by atoms with van der Waals surface area (Å²) in [5.74, 6) is 1.44. The number of aliphatic hydroxyl groups is 1. The number of hydrogen-bond acceptors (Lipinski definition) is 2. The van der Waals surface area contributed by atoms with Gasteiger partial charge in [0.25, 0.3) is 0 Å². The van der Waals surface area contributed by atoms with Crippen molar-refractivity contribution in [2.45, 2.75) is 77.4 Å². The van der Waals surface area contributed by atoms with E-state index < -0.39 is 0 Å². The molecule has 0 aromatic heterocycles. The fourth-order valence-electron chi connectivity index (χ4n) is 2.68. The van der Waals surface area contributed by atoms with Crippen molar-refractivity contribution in [2.24, 2.45) is 17.6 Å². The van der Waals surface area contributed by atoms with Crippen LogP contribution in [-0.4, -0.2) is 17.3 Å². The zero-order chi connectivity index (χ0) is 12.0. The van der Waals surface area contributed by atoms with Crippen LogP contribution < -0.4 is 5.73 Å². The molecule has 0 heterocycles. The van der Waals surface area contributed by atoms with Crippen LogP contribution in [0.5, 0.6) is 0 Å². The summed E-state index contributed by atoms with van der Waals surface area (Å²) in [6.45, 7) is 4.39. The van der Waals surface area contributed by atoms with Gasteiger partial charge in [0.1, 0.15) is 0 Å². The van der Waals surface area contributed by atoms with E-state index in [9.17, 15) is 5.11 Å². The van der Waals surface area contributed by atoms with Gasteiger partial charge in [0.15, 0.2) is 0 Å². The first-order valence-corrected chi connectivity index (χ1v) is 7.03. The fourth-order valence-corrected chi connectivity index (χ4v) is 2.68. The summed E-state index contributed by atoms with van der Waals surface area (Å²) in [7, 11) is 0. The number of nitrogens with two attached hydrogens (primary N) is 1. The highest BCUT2D eigenvalue weighted by Crippen LogP contribution is 2.28. The van der Waals surface area contributed by atoms with E-state index in [2.05, 4.69) is 13.8 Å². The molecule has 1 aliphatic rings. The third-order valence-corrected chi connectivity index (χ3v) is 3.86. The van der Waals surface area contributed by atoms with Crippen LogP contribution in [0, 0.1) is 11.8 Å². The van der Waals surface area contributed by atoms with E-state index >= 15 is 0 Å². The van der Waals surface area contributed by atoms with Crippen molar-refractivity contribution in [3.05, 3.63) is 0 Å². The minimum absolute atomic E-state index is 0.00171. The van der Waals surface area contributed by atoms with E-state index in [0.717, 1.165) is 25.2 Å². The standard InChI is InChI=1S/C14H29NO/c1-11(2)8-9-14(16)13(15)10-12-6-4-3-5-7-12/h11-14,16H,3-10,15H2,1-2H3. The normalized spacial score (nSPS) is 22.3. The zero-order valence-electron chi connectivity index (χ0n) is 11.0. The zero-order valence-corrected chi connectivity index (χ0v) is 11.0. The molecule has 3 N–H and O–H groups in total. The lowest BCUT2D eigenvalue weighted by atomic mass is 9.83. The molecule has 0 radical (unpaired) electrons. The van der Waals surface area contributed by atoms with Crippen molar-refractivity contribution in [3.8, 4) is 0 Å². The molecule has 2 atom stereocenters. The topological polar surface area (TPSA) is 46.2 Å². The average molecular weight is 227 g/mol. The number of rotatable bonds is 6. The van der Waals surface area contributed by atoms with Crippen molar-refractivity contribution in [1.82, 2.24) is 0 Å². The Morgan fingerprint density at radius 2 is 1.75 bits per heavy atom. The van der Waals surface area contributed by atoms with Crippen molar-refractivity contribution in [3.63, 3.8) is 0 Å². The molecular weight excluding hydrogens is 198 g/mol. The largest absolute Gasteiger partial charge is 0.392 e. The molecule has 2 unspecified atom stereocenters. The van der Waals surface area contributed by atoms with Crippen LogP contribution in [0.2, 0.25) is 0 Å². The molecule has 96 valence electrons. The SMILES string of the molecule is CC(C)CCC(O)C(N)CC1CCCCC1. The maximum atomic E-state index is 9.97. The van der Waals surface area contributed by atoms with Crippen molar-refractivity contribution in [1.29, 1.82) is 0 Å². The van der Waals surface area contributed by atoms with Crippen LogP contribution in [0.15, 0.2) is 0 Å². The molecule has 1 rings (SSSR count). The van der Waals surface area contributed by atoms with Gasteiger partial charge in [-0.25, -0.2) is 0 Å². The third-order valence-electron chi connectivity index (χ3n) is 3.86. The van der Waals surface area contributed by atoms with Gasteiger partial charge in [-0.05, 0) is 31.1 Å². The summed E-state index contributed by atoms with van der Waals surface area (Å²) in [4.78, 5) is 0. The van der Waals surface area contributed by atoms with Gasteiger partial charge in [-0.2, -0.15) is 0 Å². The maximum absolute atomic E-state index is 9.97. The van der Waals surface area contributed by atoms with Crippen LogP contribution in [0.4, 0.5) is 0 Å². The first-order chi connectivity index (χ1) is 7.59. The molecule has 16 heavy (non-hydrogen) atoms. The molecule has 0 spiro atoms. The second-order valence-electron chi connectivity index (χ2n) is 5.94. The van der Waals surface area contributed by atoms with Crippen LogP contribution >= 0.6 is 0 Å². The first-order valence-electron chi connectivity index (χ1n) is 7.03. The fraction of sp³-hybridized carbons (Fsp3) is 1.00. The average Bonchev–Trinajstić information content (AvgIpc) is 2.27. The van der Waals surface area contributed by atoms with Gasteiger partial charge in [0, 0.05) is 6.04 Å². The number of aliphatic hydroxyl groups excluding tert-OH is 1. The lowest BCUT2D eigenvalue weighted by Gasteiger charge is -2.27. The molecule has 2 heteroatoms. The Labute approximate surface area is 101 Å². The van der Waals surface area contributed by atoms with Crippen LogP contribution in [-0.2, 0) is 0 Å². The van der Waals surface area contributed by atoms with Crippen LogP contribution in [0.3, 0.4) is 0 Å². The Balaban J connectivity index is 2.19. The van der Waals surface area contributed by atoms with E-state index in [4.69, 9.17) is 5.73 Å². The molecule has 0 aromatic carbocycles. The molecule has 0 aromatic rings. The van der Waals surface area contributed by atoms with E-state index in [1.807, 2.05) is 0 Å². The lowest BCUT2D eigenvalue weighted by Crippen LogP contribution is -2.37. The second-order valence-corrected chi connectivity index (χ2v) is 5.94. The smallest absolute Gasteiger partial charge is 0.0691 e. The highest BCUT2D eigenvalue weighted by atomic mass is 16.3. The van der Waals surface area contributed by atoms with Gasteiger partial charge in [-0.15, -0.1) is 0 Å². The minimum Gasteiger partial charge on any atom is -0.392 e. The molecule has 1 fully saturated rings. The highest BCUT2D eigenvalue weighted by molar-refractivity contribution is 4.77. The van der Waals surface area contributed by atoms with Crippen molar-refractivity contribution >= 4 is 0 Å². The summed E-state index contributed by atoms with van der Waals surface area (Å²) in [6, 6.07) is 0.00171. The van der Waals surface area contributed by atoms with Crippen LogP contribution in [0.1, 0.15) is 65.2 Å². The summed E-state index contributed by atoms with van der Waals surface area (Å²) in [5, 5.41) is 9.97. The molecule has 0 aliphatic heterocycles. The molecule has 1 saturated carbocycles. The predicted molar refractivity (Wildman–Crippen MR) is 69.2 cm³/mol. The van der Waals surface area contributed by atoms with Crippen molar-refractivity contribution < 1.29 is 5.11 Å². The van der Waals surface area contributed by atoms with E-state index in [1.165, 1.54) is 32.1 Å².